The van der Waals surface area contributed by atoms with E-state index in [1.54, 1.807) is 0 Å². The fraction of sp³-hybridized carbons (Fsp3) is 0.611. The SMILES string of the molecule is CCCC12CCCCC1C(OC)=c1ccccc1=[N+]2C. The smallest absolute Gasteiger partial charge is 0.210 e. The van der Waals surface area contributed by atoms with E-state index in [1.807, 2.05) is 7.11 Å². The van der Waals surface area contributed by atoms with Crippen LogP contribution in [-0.2, 0) is 4.74 Å². The van der Waals surface area contributed by atoms with Crippen LogP contribution in [0.2, 0.25) is 0 Å². The van der Waals surface area contributed by atoms with Gasteiger partial charge in [0, 0.05) is 18.9 Å². The molecule has 20 heavy (non-hydrogen) atoms. The van der Waals surface area contributed by atoms with E-state index in [0.29, 0.717) is 5.92 Å². The Labute approximate surface area is 121 Å². The van der Waals surface area contributed by atoms with Crippen molar-refractivity contribution in [2.24, 2.45) is 5.92 Å². The summed E-state index contributed by atoms with van der Waals surface area (Å²) >= 11 is 0. The highest BCUT2D eigenvalue weighted by atomic mass is 16.5. The highest BCUT2D eigenvalue weighted by Gasteiger charge is 2.52. The fourth-order valence-corrected chi connectivity index (χ4v) is 4.55. The number of para-hydroxylation sites is 1. The molecule has 0 radical (unpaired) electrons. The van der Waals surface area contributed by atoms with E-state index < -0.39 is 0 Å². The summed E-state index contributed by atoms with van der Waals surface area (Å²) in [5.74, 6) is 1.79. The van der Waals surface area contributed by atoms with Crippen LogP contribution in [0.5, 0.6) is 0 Å². The number of rotatable bonds is 3. The lowest BCUT2D eigenvalue weighted by molar-refractivity contribution is 0.114. The normalized spacial score (nSPS) is 28.9. The summed E-state index contributed by atoms with van der Waals surface area (Å²) in [6, 6.07) is 8.73. The first kappa shape index (κ1) is 13.7. The van der Waals surface area contributed by atoms with Gasteiger partial charge in [0.1, 0.15) is 12.8 Å². The number of hydrogen-bond acceptors (Lipinski definition) is 1. The van der Waals surface area contributed by atoms with Crippen LogP contribution in [0.3, 0.4) is 0 Å². The van der Waals surface area contributed by atoms with E-state index in [4.69, 9.17) is 4.74 Å². The Bertz CT molecular complexity index is 615. The van der Waals surface area contributed by atoms with Crippen molar-refractivity contribution in [3.8, 4) is 0 Å². The molecule has 2 nitrogen and oxygen atoms in total. The van der Waals surface area contributed by atoms with Crippen LogP contribution in [0.15, 0.2) is 24.3 Å². The molecule has 2 heteroatoms. The van der Waals surface area contributed by atoms with Crippen LogP contribution in [0, 0.1) is 5.92 Å². The monoisotopic (exact) mass is 272 g/mol. The molecule has 0 bridgehead atoms. The van der Waals surface area contributed by atoms with Gasteiger partial charge in [-0.2, -0.15) is 0 Å². The third kappa shape index (κ3) is 1.81. The molecule has 1 saturated carbocycles. The first-order chi connectivity index (χ1) is 9.74. The van der Waals surface area contributed by atoms with Crippen LogP contribution >= 0.6 is 0 Å². The van der Waals surface area contributed by atoms with Crippen molar-refractivity contribution in [3.05, 3.63) is 34.8 Å². The molecule has 1 aliphatic heterocycles. The summed E-state index contributed by atoms with van der Waals surface area (Å²) in [6.07, 6.45) is 7.74. The van der Waals surface area contributed by atoms with Gasteiger partial charge in [-0.05, 0) is 25.3 Å². The van der Waals surface area contributed by atoms with Gasteiger partial charge in [0.05, 0.1) is 18.2 Å². The summed E-state index contributed by atoms with van der Waals surface area (Å²) < 4.78 is 8.46. The maximum atomic E-state index is 5.90. The number of ether oxygens (including phenoxy) is 1. The third-order valence-electron chi connectivity index (χ3n) is 5.42. The summed E-state index contributed by atoms with van der Waals surface area (Å²) in [5, 5.41) is 2.65. The molecule has 2 aliphatic rings. The molecular formula is C18H26NO+. The summed E-state index contributed by atoms with van der Waals surface area (Å²) in [6.45, 7) is 2.31. The van der Waals surface area contributed by atoms with Gasteiger partial charge in [0.25, 0.3) is 0 Å². The van der Waals surface area contributed by atoms with Gasteiger partial charge in [0.15, 0.2) is 5.54 Å². The van der Waals surface area contributed by atoms with Crippen LogP contribution in [0.4, 0.5) is 0 Å². The molecule has 1 aliphatic carbocycles. The van der Waals surface area contributed by atoms with Gasteiger partial charge in [-0.3, -0.25) is 0 Å². The minimum Gasteiger partial charge on any atom is -0.500 e. The maximum absolute atomic E-state index is 5.90. The molecule has 1 aromatic carbocycles. The Morgan fingerprint density at radius 3 is 2.85 bits per heavy atom. The topological polar surface area (TPSA) is 12.2 Å². The lowest BCUT2D eigenvalue weighted by atomic mass is 9.67. The van der Waals surface area contributed by atoms with Crippen LogP contribution in [0.1, 0.15) is 45.4 Å². The van der Waals surface area contributed by atoms with Crippen LogP contribution in [0.25, 0.3) is 5.76 Å². The molecule has 0 spiro atoms. The van der Waals surface area contributed by atoms with Crippen molar-refractivity contribution in [2.45, 2.75) is 51.0 Å². The number of hydrogen-bond donors (Lipinski definition) is 0. The second kappa shape index (κ2) is 5.23. The van der Waals surface area contributed by atoms with Crippen LogP contribution < -0.4 is 15.2 Å². The minimum atomic E-state index is 0.271. The molecule has 1 fully saturated rings. The van der Waals surface area contributed by atoms with Crippen molar-refractivity contribution in [2.75, 3.05) is 14.2 Å². The van der Waals surface area contributed by atoms with Gasteiger partial charge in [-0.25, -0.2) is 4.58 Å². The average Bonchev–Trinajstić information content (AvgIpc) is 2.49. The van der Waals surface area contributed by atoms with Crippen molar-refractivity contribution in [3.63, 3.8) is 0 Å². The van der Waals surface area contributed by atoms with Gasteiger partial charge >= 0.3 is 0 Å². The van der Waals surface area contributed by atoms with E-state index in [0.717, 1.165) is 0 Å². The molecule has 0 amide bonds. The molecular weight excluding hydrogens is 246 g/mol. The minimum absolute atomic E-state index is 0.271. The van der Waals surface area contributed by atoms with Crippen molar-refractivity contribution in [1.29, 1.82) is 0 Å². The molecule has 0 N–H and O–H groups in total. The summed E-state index contributed by atoms with van der Waals surface area (Å²) in [7, 11) is 4.14. The Balaban J connectivity index is 2.33. The number of benzene rings is 1. The van der Waals surface area contributed by atoms with E-state index in [-0.39, 0.29) is 5.54 Å². The zero-order valence-electron chi connectivity index (χ0n) is 13.0. The number of methoxy groups -OCH3 is 1. The summed E-state index contributed by atoms with van der Waals surface area (Å²) in [5.41, 5.74) is 0.271. The lowest BCUT2D eigenvalue weighted by Gasteiger charge is -2.42. The first-order valence-electron chi connectivity index (χ1n) is 7.98. The molecule has 1 heterocycles. The maximum Gasteiger partial charge on any atom is 0.210 e. The fourth-order valence-electron chi connectivity index (χ4n) is 4.55. The Kier molecular flexibility index (Phi) is 3.57. The second-order valence-electron chi connectivity index (χ2n) is 6.30. The zero-order valence-corrected chi connectivity index (χ0v) is 13.0. The molecule has 1 aromatic rings. The highest BCUT2D eigenvalue weighted by molar-refractivity contribution is 5.45. The van der Waals surface area contributed by atoms with Gasteiger partial charge < -0.3 is 4.74 Å². The van der Waals surface area contributed by atoms with E-state index in [9.17, 15) is 0 Å². The standard InChI is InChI=1S/C18H26NO/c1-4-12-18-13-8-7-10-15(18)17(20-3)14-9-5-6-11-16(14)19(18)2/h5-6,9,11,15H,4,7-8,10,12-13H2,1-3H3/q+1. The molecule has 3 rings (SSSR count). The van der Waals surface area contributed by atoms with Crippen LogP contribution in [-0.4, -0.2) is 19.7 Å². The average molecular weight is 272 g/mol. The van der Waals surface area contributed by atoms with E-state index in [1.165, 1.54) is 54.9 Å². The van der Waals surface area contributed by atoms with E-state index >= 15 is 0 Å². The Morgan fingerprint density at radius 2 is 2.10 bits per heavy atom. The molecule has 108 valence electrons. The second-order valence-corrected chi connectivity index (χ2v) is 6.30. The number of fused-ring (bicyclic) bond motifs is 2. The van der Waals surface area contributed by atoms with Gasteiger partial charge in [0.2, 0.25) is 5.36 Å². The molecule has 2 atom stereocenters. The lowest BCUT2D eigenvalue weighted by Crippen LogP contribution is -2.62. The van der Waals surface area contributed by atoms with Gasteiger partial charge in [-0.1, -0.05) is 25.5 Å². The Hall–Kier alpha value is -1.31. The highest BCUT2D eigenvalue weighted by Crippen LogP contribution is 2.43. The Morgan fingerprint density at radius 1 is 1.30 bits per heavy atom. The summed E-state index contributed by atoms with van der Waals surface area (Å²) in [4.78, 5) is 0. The zero-order chi connectivity index (χ0) is 14.2. The van der Waals surface area contributed by atoms with Gasteiger partial charge in [-0.15, -0.1) is 0 Å². The molecule has 0 aromatic heterocycles. The van der Waals surface area contributed by atoms with E-state index in [2.05, 4.69) is 42.8 Å². The van der Waals surface area contributed by atoms with Crippen molar-refractivity contribution in [1.82, 2.24) is 4.58 Å². The molecule has 0 saturated heterocycles. The molecule has 2 unspecified atom stereocenters. The first-order valence-corrected chi connectivity index (χ1v) is 7.98. The largest absolute Gasteiger partial charge is 0.500 e. The van der Waals surface area contributed by atoms with Crippen molar-refractivity contribution >= 4 is 5.76 Å². The predicted molar refractivity (Wildman–Crippen MR) is 82.9 cm³/mol. The quantitative estimate of drug-likeness (QED) is 0.769. The number of nitrogens with zero attached hydrogens (tertiary/aromatic N) is 1. The predicted octanol–water partition coefficient (Wildman–Crippen LogP) is 2.30. The third-order valence-corrected chi connectivity index (χ3v) is 5.42. The van der Waals surface area contributed by atoms with Crippen molar-refractivity contribution < 1.29 is 4.74 Å².